The minimum atomic E-state index is -0.277. The van der Waals surface area contributed by atoms with Crippen LogP contribution in [0, 0.1) is 0 Å². The SMILES string of the molecule is NC(=O)Cc1cc(N2CCNC3(CC3)C2)cc2ccccc12. The highest BCUT2D eigenvalue weighted by Crippen LogP contribution is 2.39. The van der Waals surface area contributed by atoms with Crippen LogP contribution >= 0.6 is 0 Å². The number of piperazine rings is 1. The molecule has 1 aliphatic carbocycles. The fourth-order valence-electron chi connectivity index (χ4n) is 3.55. The van der Waals surface area contributed by atoms with Crippen LogP contribution < -0.4 is 16.0 Å². The summed E-state index contributed by atoms with van der Waals surface area (Å²) in [5.74, 6) is -0.277. The Morgan fingerprint density at radius 3 is 2.86 bits per heavy atom. The molecule has 0 atom stereocenters. The van der Waals surface area contributed by atoms with Crippen molar-refractivity contribution in [3.8, 4) is 0 Å². The van der Waals surface area contributed by atoms with Crippen LogP contribution in [0.25, 0.3) is 10.8 Å². The number of anilines is 1. The number of benzene rings is 2. The maximum atomic E-state index is 11.4. The van der Waals surface area contributed by atoms with Crippen LogP contribution in [0.5, 0.6) is 0 Å². The van der Waals surface area contributed by atoms with E-state index in [1.165, 1.54) is 23.9 Å². The number of carbonyl (C=O) groups excluding carboxylic acids is 1. The highest BCUT2D eigenvalue weighted by atomic mass is 16.1. The van der Waals surface area contributed by atoms with Crippen molar-refractivity contribution in [1.29, 1.82) is 0 Å². The molecule has 1 saturated heterocycles. The van der Waals surface area contributed by atoms with Crippen LogP contribution in [0.1, 0.15) is 18.4 Å². The summed E-state index contributed by atoms with van der Waals surface area (Å²) < 4.78 is 0. The molecule has 2 aromatic rings. The predicted octanol–water partition coefficient (Wildman–Crippen LogP) is 1.81. The summed E-state index contributed by atoms with van der Waals surface area (Å²) in [5, 5.41) is 5.94. The summed E-state index contributed by atoms with van der Waals surface area (Å²) in [4.78, 5) is 13.9. The zero-order valence-corrected chi connectivity index (χ0v) is 12.6. The van der Waals surface area contributed by atoms with E-state index in [0.29, 0.717) is 12.0 Å². The fraction of sp³-hybridized carbons (Fsp3) is 0.389. The third-order valence-corrected chi connectivity index (χ3v) is 4.89. The van der Waals surface area contributed by atoms with Gasteiger partial charge in [0.05, 0.1) is 6.42 Å². The van der Waals surface area contributed by atoms with Crippen molar-refractivity contribution in [2.45, 2.75) is 24.8 Å². The summed E-state index contributed by atoms with van der Waals surface area (Å²) in [6.45, 7) is 3.09. The summed E-state index contributed by atoms with van der Waals surface area (Å²) in [6.07, 6.45) is 2.84. The normalized spacial score (nSPS) is 19.5. The van der Waals surface area contributed by atoms with E-state index in [4.69, 9.17) is 5.73 Å². The Bertz CT molecular complexity index is 736. The Hall–Kier alpha value is -2.07. The summed E-state index contributed by atoms with van der Waals surface area (Å²) in [6, 6.07) is 12.6. The molecule has 2 aliphatic rings. The predicted molar refractivity (Wildman–Crippen MR) is 89.0 cm³/mol. The van der Waals surface area contributed by atoms with Crippen LogP contribution in [0.4, 0.5) is 5.69 Å². The van der Waals surface area contributed by atoms with E-state index in [2.05, 4.69) is 34.5 Å². The molecular formula is C18H21N3O. The quantitative estimate of drug-likeness (QED) is 0.908. The number of nitrogens with zero attached hydrogens (tertiary/aromatic N) is 1. The first-order chi connectivity index (χ1) is 10.7. The third kappa shape index (κ3) is 2.44. The van der Waals surface area contributed by atoms with Gasteiger partial charge in [-0.2, -0.15) is 0 Å². The molecule has 1 aliphatic heterocycles. The molecule has 2 aromatic carbocycles. The lowest BCUT2D eigenvalue weighted by atomic mass is 9.99. The molecule has 114 valence electrons. The molecule has 0 bridgehead atoms. The van der Waals surface area contributed by atoms with Gasteiger partial charge in [0.15, 0.2) is 0 Å². The number of hydrogen-bond acceptors (Lipinski definition) is 3. The minimum absolute atomic E-state index is 0.277. The second-order valence-corrected chi connectivity index (χ2v) is 6.60. The first-order valence-electron chi connectivity index (χ1n) is 7.95. The molecule has 3 N–H and O–H groups in total. The van der Waals surface area contributed by atoms with Crippen molar-refractivity contribution in [3.05, 3.63) is 42.0 Å². The Kier molecular flexibility index (Phi) is 3.08. The van der Waals surface area contributed by atoms with E-state index in [0.717, 1.165) is 30.6 Å². The Morgan fingerprint density at radius 2 is 2.09 bits per heavy atom. The van der Waals surface area contributed by atoms with Gasteiger partial charge >= 0.3 is 0 Å². The Labute approximate surface area is 130 Å². The lowest BCUT2D eigenvalue weighted by molar-refractivity contribution is -0.117. The number of carbonyl (C=O) groups is 1. The standard InChI is InChI=1S/C18H21N3O/c19-17(22)11-14-10-15(9-13-3-1-2-4-16(13)14)21-8-7-20-18(12-21)5-6-18/h1-4,9-10,20H,5-8,11-12H2,(H2,19,22). The van der Waals surface area contributed by atoms with Gasteiger partial charge in [0, 0.05) is 30.9 Å². The third-order valence-electron chi connectivity index (χ3n) is 4.89. The van der Waals surface area contributed by atoms with Gasteiger partial charge in [-0.1, -0.05) is 24.3 Å². The van der Waals surface area contributed by atoms with Crippen LogP contribution in [-0.4, -0.2) is 31.1 Å². The van der Waals surface area contributed by atoms with Gasteiger partial charge in [-0.25, -0.2) is 0 Å². The van der Waals surface area contributed by atoms with Gasteiger partial charge in [0.2, 0.25) is 5.91 Å². The number of fused-ring (bicyclic) bond motifs is 1. The average Bonchev–Trinajstić information content (AvgIpc) is 3.25. The highest BCUT2D eigenvalue weighted by Gasteiger charge is 2.45. The van der Waals surface area contributed by atoms with E-state index in [9.17, 15) is 4.79 Å². The summed E-state index contributed by atoms with van der Waals surface area (Å²) >= 11 is 0. The minimum Gasteiger partial charge on any atom is -0.369 e. The zero-order chi connectivity index (χ0) is 15.2. The summed E-state index contributed by atoms with van der Waals surface area (Å²) in [7, 11) is 0. The lowest BCUT2D eigenvalue weighted by Gasteiger charge is -2.36. The Balaban J connectivity index is 1.75. The summed E-state index contributed by atoms with van der Waals surface area (Å²) in [5.41, 5.74) is 8.02. The number of rotatable bonds is 3. The number of amides is 1. The van der Waals surface area contributed by atoms with E-state index < -0.39 is 0 Å². The van der Waals surface area contributed by atoms with Gasteiger partial charge in [0.25, 0.3) is 0 Å². The van der Waals surface area contributed by atoms with Gasteiger partial charge in [-0.05, 0) is 41.3 Å². The molecule has 1 saturated carbocycles. The first kappa shape index (κ1) is 13.6. The smallest absolute Gasteiger partial charge is 0.221 e. The van der Waals surface area contributed by atoms with E-state index >= 15 is 0 Å². The largest absolute Gasteiger partial charge is 0.369 e. The van der Waals surface area contributed by atoms with E-state index in [1.807, 2.05) is 12.1 Å². The molecule has 1 spiro atoms. The molecule has 2 fully saturated rings. The number of nitrogens with one attached hydrogen (secondary N) is 1. The van der Waals surface area contributed by atoms with E-state index in [1.54, 1.807) is 0 Å². The lowest BCUT2D eigenvalue weighted by Crippen LogP contribution is -2.52. The molecular weight excluding hydrogens is 274 g/mol. The molecule has 4 rings (SSSR count). The average molecular weight is 295 g/mol. The molecule has 0 unspecified atom stereocenters. The van der Waals surface area contributed by atoms with Crippen LogP contribution in [0.2, 0.25) is 0 Å². The van der Waals surface area contributed by atoms with Crippen molar-refractivity contribution >= 4 is 22.4 Å². The van der Waals surface area contributed by atoms with Crippen molar-refractivity contribution in [2.24, 2.45) is 5.73 Å². The monoisotopic (exact) mass is 295 g/mol. The Morgan fingerprint density at radius 1 is 1.27 bits per heavy atom. The maximum Gasteiger partial charge on any atom is 0.221 e. The van der Waals surface area contributed by atoms with Gasteiger partial charge in [0.1, 0.15) is 0 Å². The van der Waals surface area contributed by atoms with Crippen molar-refractivity contribution < 1.29 is 4.79 Å². The van der Waals surface area contributed by atoms with Crippen LogP contribution in [0.15, 0.2) is 36.4 Å². The first-order valence-corrected chi connectivity index (χ1v) is 7.95. The van der Waals surface area contributed by atoms with E-state index in [-0.39, 0.29) is 5.91 Å². The molecule has 22 heavy (non-hydrogen) atoms. The zero-order valence-electron chi connectivity index (χ0n) is 12.6. The molecule has 1 amide bonds. The number of hydrogen-bond donors (Lipinski definition) is 2. The second-order valence-electron chi connectivity index (χ2n) is 6.60. The molecule has 0 aromatic heterocycles. The van der Waals surface area contributed by atoms with Crippen LogP contribution in [-0.2, 0) is 11.2 Å². The molecule has 1 heterocycles. The number of primary amides is 1. The molecule has 4 nitrogen and oxygen atoms in total. The van der Waals surface area contributed by atoms with Crippen molar-refractivity contribution in [2.75, 3.05) is 24.5 Å². The van der Waals surface area contributed by atoms with Crippen molar-refractivity contribution in [1.82, 2.24) is 5.32 Å². The maximum absolute atomic E-state index is 11.4. The fourth-order valence-corrected chi connectivity index (χ4v) is 3.55. The molecule has 4 heteroatoms. The highest BCUT2D eigenvalue weighted by molar-refractivity contribution is 5.92. The topological polar surface area (TPSA) is 58.4 Å². The van der Waals surface area contributed by atoms with Gasteiger partial charge in [-0.15, -0.1) is 0 Å². The number of nitrogens with two attached hydrogens (primary N) is 1. The molecule has 0 radical (unpaired) electrons. The van der Waals surface area contributed by atoms with Crippen molar-refractivity contribution in [3.63, 3.8) is 0 Å². The van der Waals surface area contributed by atoms with Crippen LogP contribution in [0.3, 0.4) is 0 Å². The van der Waals surface area contributed by atoms with Gasteiger partial charge in [-0.3, -0.25) is 4.79 Å². The second kappa shape index (κ2) is 4.99. The van der Waals surface area contributed by atoms with Gasteiger partial charge < -0.3 is 16.0 Å².